The van der Waals surface area contributed by atoms with Crippen LogP contribution in [0.1, 0.15) is 17.5 Å². The number of amidine groups is 1. The van der Waals surface area contributed by atoms with Crippen molar-refractivity contribution in [2.75, 3.05) is 0 Å². The van der Waals surface area contributed by atoms with Crippen LogP contribution in [0.5, 0.6) is 0 Å². The van der Waals surface area contributed by atoms with Crippen LogP contribution in [-0.4, -0.2) is 5.84 Å². The van der Waals surface area contributed by atoms with E-state index in [0.29, 0.717) is 5.84 Å². The summed E-state index contributed by atoms with van der Waals surface area (Å²) in [6.07, 6.45) is 1.62. The quantitative estimate of drug-likeness (QED) is 0.315. The Morgan fingerprint density at radius 3 is 2.46 bits per heavy atom. The molecule has 70 valence electrons. The molecular formula is C10H15N3. The van der Waals surface area contributed by atoms with Crippen LogP contribution < -0.4 is 11.6 Å². The summed E-state index contributed by atoms with van der Waals surface area (Å²) in [7, 11) is 0. The molecule has 0 saturated carbocycles. The first-order valence-corrected chi connectivity index (χ1v) is 4.30. The Hall–Kier alpha value is -1.51. The highest BCUT2D eigenvalue weighted by molar-refractivity contribution is 5.80. The maximum absolute atomic E-state index is 5.48. The van der Waals surface area contributed by atoms with Crippen LogP contribution in [0.2, 0.25) is 0 Å². The van der Waals surface area contributed by atoms with E-state index in [1.54, 1.807) is 0 Å². The van der Waals surface area contributed by atoms with Crippen molar-refractivity contribution in [1.82, 2.24) is 0 Å². The van der Waals surface area contributed by atoms with Gasteiger partial charge in [0.15, 0.2) is 0 Å². The zero-order valence-corrected chi connectivity index (χ0v) is 7.83. The minimum atomic E-state index is 0.501. The average molecular weight is 177 g/mol. The first-order chi connectivity index (χ1) is 6.22. The van der Waals surface area contributed by atoms with Crippen LogP contribution in [-0.2, 0) is 6.42 Å². The minimum Gasteiger partial charge on any atom is -0.386 e. The largest absolute Gasteiger partial charge is 0.386 e. The molecule has 3 heteroatoms. The predicted molar refractivity (Wildman–Crippen MR) is 55.3 cm³/mol. The highest BCUT2D eigenvalue weighted by atomic mass is 15.1. The zero-order valence-electron chi connectivity index (χ0n) is 7.83. The molecule has 0 radical (unpaired) electrons. The lowest BCUT2D eigenvalue weighted by atomic mass is 10.1. The summed E-state index contributed by atoms with van der Waals surface area (Å²) >= 11 is 0. The Morgan fingerprint density at radius 2 is 1.92 bits per heavy atom. The Labute approximate surface area is 78.4 Å². The first-order valence-electron chi connectivity index (χ1n) is 4.30. The van der Waals surface area contributed by atoms with Gasteiger partial charge in [-0.1, -0.05) is 29.8 Å². The van der Waals surface area contributed by atoms with Gasteiger partial charge >= 0.3 is 0 Å². The van der Waals surface area contributed by atoms with Crippen molar-refractivity contribution in [1.29, 1.82) is 0 Å². The molecule has 0 heterocycles. The molecule has 0 unspecified atom stereocenters. The number of aryl methyl sites for hydroxylation is 2. The molecular weight excluding hydrogens is 162 g/mol. The summed E-state index contributed by atoms with van der Waals surface area (Å²) in [6.45, 7) is 2.07. The molecule has 13 heavy (non-hydrogen) atoms. The molecule has 0 aromatic heterocycles. The maximum atomic E-state index is 5.48. The molecule has 0 amide bonds. The van der Waals surface area contributed by atoms with Gasteiger partial charge in [-0.3, -0.25) is 0 Å². The standard InChI is InChI=1S/C10H15N3/c1-8-2-4-9(5-3-8)6-7-10(11)13-12/h2-5H,6-7,12H2,1H3,(H2,11,13). The fourth-order valence-electron chi connectivity index (χ4n) is 1.09. The fraction of sp³-hybridized carbons (Fsp3) is 0.300. The third kappa shape index (κ3) is 3.15. The van der Waals surface area contributed by atoms with Gasteiger partial charge in [0.05, 0.1) is 0 Å². The van der Waals surface area contributed by atoms with E-state index in [0.717, 1.165) is 12.8 Å². The van der Waals surface area contributed by atoms with Gasteiger partial charge in [-0.25, -0.2) is 0 Å². The third-order valence-corrected chi connectivity index (χ3v) is 1.96. The van der Waals surface area contributed by atoms with Crippen molar-refractivity contribution in [3.8, 4) is 0 Å². The number of hydrogen-bond acceptors (Lipinski definition) is 2. The van der Waals surface area contributed by atoms with E-state index < -0.39 is 0 Å². The number of nitrogens with two attached hydrogens (primary N) is 2. The van der Waals surface area contributed by atoms with Crippen LogP contribution >= 0.6 is 0 Å². The molecule has 1 aromatic rings. The zero-order chi connectivity index (χ0) is 9.68. The number of rotatable bonds is 3. The van der Waals surface area contributed by atoms with Gasteiger partial charge in [-0.05, 0) is 18.9 Å². The Balaban J connectivity index is 2.51. The highest BCUT2D eigenvalue weighted by Crippen LogP contribution is 2.05. The molecule has 3 nitrogen and oxygen atoms in total. The molecule has 0 saturated heterocycles. The molecule has 0 aliphatic heterocycles. The summed E-state index contributed by atoms with van der Waals surface area (Å²) < 4.78 is 0. The lowest BCUT2D eigenvalue weighted by Gasteiger charge is -2.00. The number of hydrogen-bond donors (Lipinski definition) is 2. The molecule has 1 rings (SSSR count). The molecule has 0 aliphatic carbocycles. The summed E-state index contributed by atoms with van der Waals surface area (Å²) in [4.78, 5) is 0. The van der Waals surface area contributed by atoms with Gasteiger partial charge in [0.25, 0.3) is 0 Å². The molecule has 0 spiro atoms. The van der Waals surface area contributed by atoms with Crippen molar-refractivity contribution in [2.24, 2.45) is 16.7 Å². The van der Waals surface area contributed by atoms with Gasteiger partial charge in [-0.15, -0.1) is 0 Å². The van der Waals surface area contributed by atoms with Gasteiger partial charge in [0, 0.05) is 6.42 Å². The molecule has 0 atom stereocenters. The van der Waals surface area contributed by atoms with E-state index in [9.17, 15) is 0 Å². The van der Waals surface area contributed by atoms with E-state index in [1.807, 2.05) is 0 Å². The highest BCUT2D eigenvalue weighted by Gasteiger charge is 1.95. The van der Waals surface area contributed by atoms with E-state index >= 15 is 0 Å². The first kappa shape index (κ1) is 9.58. The van der Waals surface area contributed by atoms with Crippen molar-refractivity contribution in [2.45, 2.75) is 19.8 Å². The molecule has 0 bridgehead atoms. The SMILES string of the molecule is Cc1ccc(CCC(N)=NN)cc1. The summed E-state index contributed by atoms with van der Waals surface area (Å²) in [5.41, 5.74) is 8.00. The van der Waals surface area contributed by atoms with Crippen molar-refractivity contribution in [3.05, 3.63) is 35.4 Å². The van der Waals surface area contributed by atoms with E-state index in [2.05, 4.69) is 36.3 Å². The monoisotopic (exact) mass is 177 g/mol. The molecule has 4 N–H and O–H groups in total. The van der Waals surface area contributed by atoms with Gasteiger partial charge in [0.2, 0.25) is 0 Å². The van der Waals surface area contributed by atoms with E-state index in [-0.39, 0.29) is 0 Å². The topological polar surface area (TPSA) is 64.4 Å². The molecule has 0 fully saturated rings. The van der Waals surface area contributed by atoms with E-state index in [4.69, 9.17) is 11.6 Å². The van der Waals surface area contributed by atoms with Crippen LogP contribution in [0.4, 0.5) is 0 Å². The second-order valence-electron chi connectivity index (χ2n) is 3.11. The van der Waals surface area contributed by atoms with Crippen molar-refractivity contribution >= 4 is 5.84 Å². The average Bonchev–Trinajstić information content (AvgIpc) is 2.16. The van der Waals surface area contributed by atoms with Crippen LogP contribution in [0.3, 0.4) is 0 Å². The Morgan fingerprint density at radius 1 is 1.31 bits per heavy atom. The second kappa shape index (κ2) is 4.50. The fourth-order valence-corrected chi connectivity index (χ4v) is 1.09. The third-order valence-electron chi connectivity index (χ3n) is 1.96. The van der Waals surface area contributed by atoms with Crippen molar-refractivity contribution in [3.63, 3.8) is 0 Å². The van der Waals surface area contributed by atoms with Crippen molar-refractivity contribution < 1.29 is 0 Å². The van der Waals surface area contributed by atoms with Gasteiger partial charge in [-0.2, -0.15) is 5.10 Å². The minimum absolute atomic E-state index is 0.501. The number of benzene rings is 1. The Bertz CT molecular complexity index is 288. The van der Waals surface area contributed by atoms with Gasteiger partial charge in [0.1, 0.15) is 5.84 Å². The van der Waals surface area contributed by atoms with Crippen LogP contribution in [0, 0.1) is 6.92 Å². The van der Waals surface area contributed by atoms with Crippen LogP contribution in [0.15, 0.2) is 29.4 Å². The predicted octanol–water partition coefficient (Wildman–Crippen LogP) is 1.16. The second-order valence-corrected chi connectivity index (χ2v) is 3.11. The van der Waals surface area contributed by atoms with Crippen LogP contribution in [0.25, 0.3) is 0 Å². The number of hydrazone groups is 1. The lowest BCUT2D eigenvalue weighted by molar-refractivity contribution is 1.01. The smallest absolute Gasteiger partial charge is 0.119 e. The summed E-state index contributed by atoms with van der Waals surface area (Å²) in [5.74, 6) is 5.52. The molecule has 0 aliphatic rings. The summed E-state index contributed by atoms with van der Waals surface area (Å²) in [5, 5.41) is 3.42. The summed E-state index contributed by atoms with van der Waals surface area (Å²) in [6, 6.07) is 8.37. The van der Waals surface area contributed by atoms with E-state index in [1.165, 1.54) is 11.1 Å². The molecule has 1 aromatic carbocycles. The Kier molecular flexibility index (Phi) is 3.31. The van der Waals surface area contributed by atoms with Gasteiger partial charge < -0.3 is 11.6 Å². The normalized spacial score (nSPS) is 11.6. The maximum Gasteiger partial charge on any atom is 0.119 e. The number of nitrogens with zero attached hydrogens (tertiary/aromatic N) is 1. The lowest BCUT2D eigenvalue weighted by Crippen LogP contribution is -2.14.